The molecule has 0 aliphatic carbocycles. The number of hydrogen-bond acceptors (Lipinski definition) is 7. The number of benzene rings is 2. The Kier molecular flexibility index (Phi) is 4.39. The first kappa shape index (κ1) is 19.1. The zero-order valence-corrected chi connectivity index (χ0v) is 16.9. The Morgan fingerprint density at radius 2 is 1.59 bits per heavy atom. The van der Waals surface area contributed by atoms with Gasteiger partial charge in [-0.15, -0.1) is 0 Å². The molecule has 8 nitrogen and oxygen atoms in total. The quantitative estimate of drug-likeness (QED) is 0.529. The highest BCUT2D eigenvalue weighted by Gasteiger charge is 2.23. The predicted molar refractivity (Wildman–Crippen MR) is 110 cm³/mol. The Hall–Kier alpha value is -3.24. The van der Waals surface area contributed by atoms with Crippen LogP contribution in [0.2, 0.25) is 0 Å². The molecule has 2 aromatic heterocycles. The zero-order chi connectivity index (χ0) is 20.8. The van der Waals surface area contributed by atoms with E-state index in [1.807, 2.05) is 0 Å². The molecule has 0 radical (unpaired) electrons. The second-order valence-electron chi connectivity index (χ2n) is 6.44. The van der Waals surface area contributed by atoms with Gasteiger partial charge in [0.1, 0.15) is 0 Å². The minimum Gasteiger partial charge on any atom is -0.368 e. The van der Waals surface area contributed by atoms with Crippen LogP contribution in [-0.2, 0) is 19.9 Å². The number of imidazole rings is 1. The molecule has 29 heavy (non-hydrogen) atoms. The third-order valence-corrected chi connectivity index (χ3v) is 7.21. The van der Waals surface area contributed by atoms with Crippen LogP contribution in [0.5, 0.6) is 0 Å². The highest BCUT2D eigenvalue weighted by molar-refractivity contribution is 7.90. The average Bonchev–Trinajstić information content (AvgIpc) is 3.03. The lowest BCUT2D eigenvalue weighted by molar-refractivity contribution is 0.589. The van der Waals surface area contributed by atoms with E-state index in [1.165, 1.54) is 30.6 Å². The van der Waals surface area contributed by atoms with Crippen molar-refractivity contribution < 1.29 is 16.8 Å². The molecule has 2 heterocycles. The maximum Gasteiger partial charge on any atom is 0.271 e. The fourth-order valence-electron chi connectivity index (χ4n) is 2.98. The molecule has 0 bridgehead atoms. The molecule has 148 valence electrons. The lowest BCUT2D eigenvalue weighted by atomic mass is 10.1. The molecular formula is C19H16N4O4S2. The molecule has 0 saturated heterocycles. The van der Waals surface area contributed by atoms with Crippen LogP contribution < -0.4 is 5.73 Å². The first-order chi connectivity index (χ1) is 13.7. The number of fused-ring (bicyclic) bond motifs is 1. The van der Waals surface area contributed by atoms with E-state index < -0.39 is 19.9 Å². The van der Waals surface area contributed by atoms with Gasteiger partial charge in [0.05, 0.1) is 20.8 Å². The largest absolute Gasteiger partial charge is 0.368 e. The summed E-state index contributed by atoms with van der Waals surface area (Å²) in [5.74, 6) is -0.163. The monoisotopic (exact) mass is 428 g/mol. The molecule has 2 aromatic carbocycles. The fourth-order valence-corrected chi connectivity index (χ4v) is 4.98. The van der Waals surface area contributed by atoms with Crippen molar-refractivity contribution in [2.75, 3.05) is 12.0 Å². The first-order valence-electron chi connectivity index (χ1n) is 8.42. The SMILES string of the molecule is CS(=O)(=O)c1cncc(-c2ccc3nc(N)n(S(=O)(=O)c4ccccc4)c3c2)c1. The van der Waals surface area contributed by atoms with Crippen LogP contribution in [-0.4, -0.2) is 37.0 Å². The Morgan fingerprint density at radius 3 is 2.28 bits per heavy atom. The Labute approximate surface area is 167 Å². The van der Waals surface area contributed by atoms with Crippen LogP contribution >= 0.6 is 0 Å². The summed E-state index contributed by atoms with van der Waals surface area (Å²) in [7, 11) is -7.40. The van der Waals surface area contributed by atoms with E-state index in [0.717, 1.165) is 10.2 Å². The van der Waals surface area contributed by atoms with E-state index in [0.29, 0.717) is 16.6 Å². The molecule has 0 unspecified atom stereocenters. The van der Waals surface area contributed by atoms with Crippen molar-refractivity contribution in [3.05, 3.63) is 67.0 Å². The maximum absolute atomic E-state index is 13.1. The second-order valence-corrected chi connectivity index (χ2v) is 10.2. The molecule has 0 aliphatic heterocycles. The predicted octanol–water partition coefficient (Wildman–Crippen LogP) is 2.32. The number of sulfone groups is 1. The first-order valence-corrected chi connectivity index (χ1v) is 11.8. The van der Waals surface area contributed by atoms with E-state index >= 15 is 0 Å². The molecule has 0 fully saturated rings. The molecule has 4 aromatic rings. The number of anilines is 1. The highest BCUT2D eigenvalue weighted by atomic mass is 32.2. The van der Waals surface area contributed by atoms with Gasteiger partial charge in [0, 0.05) is 24.2 Å². The fraction of sp³-hybridized carbons (Fsp3) is 0.0526. The van der Waals surface area contributed by atoms with Gasteiger partial charge in [0.25, 0.3) is 10.0 Å². The molecule has 0 atom stereocenters. The van der Waals surface area contributed by atoms with Crippen molar-refractivity contribution in [2.24, 2.45) is 0 Å². The standard InChI is InChI=1S/C19H16N4O4S2/c1-28(24,25)16-9-14(11-21-12-16)13-7-8-17-18(10-13)23(19(20)22-17)29(26,27)15-5-3-2-4-6-15/h2-12H,1H3,(H2,20,22). The highest BCUT2D eigenvalue weighted by Crippen LogP contribution is 2.29. The summed E-state index contributed by atoms with van der Waals surface area (Å²) in [4.78, 5) is 8.28. The number of nitrogens with two attached hydrogens (primary N) is 1. The number of nitrogens with zero attached hydrogens (tertiary/aromatic N) is 3. The van der Waals surface area contributed by atoms with Crippen LogP contribution in [0.3, 0.4) is 0 Å². The van der Waals surface area contributed by atoms with Crippen molar-refractivity contribution in [3.8, 4) is 11.1 Å². The molecule has 0 aliphatic rings. The molecule has 4 rings (SSSR count). The molecule has 0 amide bonds. The topological polar surface area (TPSA) is 125 Å². The van der Waals surface area contributed by atoms with Crippen molar-refractivity contribution >= 4 is 36.8 Å². The van der Waals surface area contributed by atoms with Crippen molar-refractivity contribution in [3.63, 3.8) is 0 Å². The number of hydrogen-bond donors (Lipinski definition) is 1. The molecule has 2 N–H and O–H groups in total. The molecular weight excluding hydrogens is 412 g/mol. The maximum atomic E-state index is 13.1. The molecule has 0 spiro atoms. The van der Waals surface area contributed by atoms with Gasteiger partial charge < -0.3 is 5.73 Å². The van der Waals surface area contributed by atoms with Gasteiger partial charge in [0.15, 0.2) is 9.84 Å². The lowest BCUT2D eigenvalue weighted by Crippen LogP contribution is -2.15. The summed E-state index contributed by atoms with van der Waals surface area (Å²) in [6.07, 6.45) is 3.87. The minimum atomic E-state index is -3.97. The normalized spacial score (nSPS) is 12.3. The number of pyridine rings is 1. The lowest BCUT2D eigenvalue weighted by Gasteiger charge is -2.09. The van der Waals surface area contributed by atoms with E-state index in [9.17, 15) is 16.8 Å². The van der Waals surface area contributed by atoms with Gasteiger partial charge in [-0.3, -0.25) is 4.98 Å². The van der Waals surface area contributed by atoms with Gasteiger partial charge in [-0.2, -0.15) is 0 Å². The summed E-state index contributed by atoms with van der Waals surface area (Å²) >= 11 is 0. The van der Waals surface area contributed by atoms with Crippen LogP contribution in [0.15, 0.2) is 76.8 Å². The third kappa shape index (κ3) is 3.36. The van der Waals surface area contributed by atoms with E-state index in [4.69, 9.17) is 5.73 Å². The van der Waals surface area contributed by atoms with Crippen molar-refractivity contribution in [2.45, 2.75) is 9.79 Å². The van der Waals surface area contributed by atoms with E-state index in [-0.39, 0.29) is 21.3 Å². The zero-order valence-electron chi connectivity index (χ0n) is 15.2. The number of nitrogen functional groups attached to an aromatic ring is 1. The van der Waals surface area contributed by atoms with E-state index in [1.54, 1.807) is 36.4 Å². The Bertz CT molecular complexity index is 1440. The number of rotatable bonds is 4. The van der Waals surface area contributed by atoms with Gasteiger partial charge in [-0.05, 0) is 35.9 Å². The Morgan fingerprint density at radius 1 is 0.862 bits per heavy atom. The van der Waals surface area contributed by atoms with Gasteiger partial charge in [0.2, 0.25) is 5.95 Å². The number of aromatic nitrogens is 3. The summed E-state index contributed by atoms with van der Waals surface area (Å²) in [5, 5.41) is 0. The summed E-state index contributed by atoms with van der Waals surface area (Å²) < 4.78 is 50.9. The molecule has 0 saturated carbocycles. The summed E-state index contributed by atoms with van der Waals surface area (Å²) in [6.45, 7) is 0. The van der Waals surface area contributed by atoms with Crippen LogP contribution in [0.4, 0.5) is 5.95 Å². The van der Waals surface area contributed by atoms with Gasteiger partial charge in [-0.1, -0.05) is 24.3 Å². The smallest absolute Gasteiger partial charge is 0.271 e. The van der Waals surface area contributed by atoms with Gasteiger partial charge >= 0.3 is 0 Å². The second kappa shape index (κ2) is 6.68. The van der Waals surface area contributed by atoms with Gasteiger partial charge in [-0.25, -0.2) is 25.8 Å². The minimum absolute atomic E-state index is 0.0695. The third-order valence-electron chi connectivity index (χ3n) is 4.39. The average molecular weight is 428 g/mol. The van der Waals surface area contributed by atoms with Crippen LogP contribution in [0.25, 0.3) is 22.2 Å². The van der Waals surface area contributed by atoms with Crippen LogP contribution in [0, 0.1) is 0 Å². The summed E-state index contributed by atoms with van der Waals surface area (Å²) in [5.41, 5.74) is 7.72. The van der Waals surface area contributed by atoms with Crippen molar-refractivity contribution in [1.82, 2.24) is 13.9 Å². The summed E-state index contributed by atoms with van der Waals surface area (Å²) in [6, 6.07) is 14.3. The Balaban J connectivity index is 1.93. The van der Waals surface area contributed by atoms with Crippen LogP contribution in [0.1, 0.15) is 0 Å². The molecule has 10 heteroatoms. The van der Waals surface area contributed by atoms with Crippen molar-refractivity contribution in [1.29, 1.82) is 0 Å². The van der Waals surface area contributed by atoms with E-state index in [2.05, 4.69) is 9.97 Å².